The molecule has 0 spiro atoms. The lowest BCUT2D eigenvalue weighted by molar-refractivity contribution is -0.147. The molecule has 0 aromatic rings. The van der Waals surface area contributed by atoms with Gasteiger partial charge in [0.2, 0.25) is 0 Å². The summed E-state index contributed by atoms with van der Waals surface area (Å²) in [7, 11) is 0. The number of fused-ring (bicyclic) bond motifs is 4. The quantitative estimate of drug-likeness (QED) is 0.566. The fourth-order valence-corrected chi connectivity index (χ4v) is 6.39. The second kappa shape index (κ2) is 5.68. The van der Waals surface area contributed by atoms with Crippen LogP contribution >= 0.6 is 0 Å². The summed E-state index contributed by atoms with van der Waals surface area (Å²) in [6.45, 7) is 6.13. The molecule has 4 heteroatoms. The maximum Gasteiger partial charge on any atom is 0.302 e. The molecule has 0 aromatic carbocycles. The van der Waals surface area contributed by atoms with Crippen LogP contribution in [0.1, 0.15) is 59.3 Å². The maximum absolute atomic E-state index is 11.5. The smallest absolute Gasteiger partial charge is 0.302 e. The lowest BCUT2D eigenvalue weighted by Gasteiger charge is -2.54. The Kier molecular flexibility index (Phi) is 3.93. The van der Waals surface area contributed by atoms with Crippen molar-refractivity contribution in [3.8, 4) is 0 Å². The van der Waals surface area contributed by atoms with Crippen molar-refractivity contribution in [2.24, 2.45) is 28.4 Å². The molecule has 2 saturated carbocycles. The van der Waals surface area contributed by atoms with Crippen molar-refractivity contribution >= 4 is 5.97 Å². The lowest BCUT2D eigenvalue weighted by Crippen LogP contribution is -2.48. The summed E-state index contributed by atoms with van der Waals surface area (Å²) in [6.07, 6.45) is 9.96. The highest BCUT2D eigenvalue weighted by Crippen LogP contribution is 2.62. The van der Waals surface area contributed by atoms with Crippen molar-refractivity contribution in [1.29, 1.82) is 0 Å². The standard InChI is InChI=1S/C21H31NO3/c1-12(23)25-18-11-17-15-5-4-13-10-14(24)6-8-20(13,2)16(15)7-9-21(17,3)19(18)22/h6,8,13-14,16,18-19,24H,4-5,7,9-11,22H2,1-3H3/t13-,14+,16+,18-,19+,20+,21+/m1/s1. The number of ether oxygens (including phenoxy) is 1. The average Bonchev–Trinajstić information content (AvgIpc) is 2.79. The third-order valence-electron chi connectivity index (χ3n) is 7.91. The Morgan fingerprint density at radius 3 is 2.84 bits per heavy atom. The summed E-state index contributed by atoms with van der Waals surface area (Å²) < 4.78 is 5.56. The number of esters is 1. The van der Waals surface area contributed by atoms with Crippen LogP contribution in [0.4, 0.5) is 0 Å². The fourth-order valence-electron chi connectivity index (χ4n) is 6.39. The van der Waals surface area contributed by atoms with Gasteiger partial charge in [0.25, 0.3) is 0 Å². The fraction of sp³-hybridized carbons (Fsp3) is 0.762. The molecule has 25 heavy (non-hydrogen) atoms. The summed E-state index contributed by atoms with van der Waals surface area (Å²) >= 11 is 0. The Morgan fingerprint density at radius 1 is 1.36 bits per heavy atom. The minimum Gasteiger partial charge on any atom is -0.461 e. The Bertz CT molecular complexity index is 654. The van der Waals surface area contributed by atoms with Gasteiger partial charge in [-0.3, -0.25) is 4.79 Å². The molecule has 0 bridgehead atoms. The van der Waals surface area contributed by atoms with Gasteiger partial charge in [-0.2, -0.15) is 0 Å². The highest BCUT2D eigenvalue weighted by Gasteiger charge is 2.56. The Hall–Kier alpha value is -1.13. The first-order valence-corrected chi connectivity index (χ1v) is 9.78. The Balaban J connectivity index is 1.72. The summed E-state index contributed by atoms with van der Waals surface area (Å²) in [6, 6.07) is -0.103. The zero-order valence-electron chi connectivity index (χ0n) is 15.6. The molecule has 4 nitrogen and oxygen atoms in total. The van der Waals surface area contributed by atoms with Crippen molar-refractivity contribution in [2.45, 2.75) is 77.5 Å². The number of nitrogens with two attached hydrogens (primary N) is 1. The van der Waals surface area contributed by atoms with E-state index in [0.717, 1.165) is 38.5 Å². The predicted molar refractivity (Wildman–Crippen MR) is 96.6 cm³/mol. The van der Waals surface area contributed by atoms with Gasteiger partial charge < -0.3 is 15.6 Å². The third kappa shape index (κ3) is 2.44. The summed E-state index contributed by atoms with van der Waals surface area (Å²) in [4.78, 5) is 11.5. The van der Waals surface area contributed by atoms with Crippen molar-refractivity contribution in [2.75, 3.05) is 0 Å². The molecule has 3 N–H and O–H groups in total. The van der Waals surface area contributed by atoms with Crippen LogP contribution < -0.4 is 5.73 Å². The molecular formula is C21H31NO3. The van der Waals surface area contributed by atoms with Gasteiger partial charge in [-0.15, -0.1) is 0 Å². The van der Waals surface area contributed by atoms with Gasteiger partial charge in [-0.1, -0.05) is 37.1 Å². The number of hydrogen-bond acceptors (Lipinski definition) is 4. The molecular weight excluding hydrogens is 314 g/mol. The van der Waals surface area contributed by atoms with Crippen LogP contribution in [-0.4, -0.2) is 29.3 Å². The number of aliphatic hydroxyl groups is 1. The van der Waals surface area contributed by atoms with E-state index >= 15 is 0 Å². The van der Waals surface area contributed by atoms with Crippen LogP contribution in [0.25, 0.3) is 0 Å². The van der Waals surface area contributed by atoms with Gasteiger partial charge in [0, 0.05) is 18.8 Å². The third-order valence-corrected chi connectivity index (χ3v) is 7.91. The van der Waals surface area contributed by atoms with E-state index in [1.807, 2.05) is 6.08 Å². The zero-order chi connectivity index (χ0) is 18.0. The number of carbonyl (C=O) groups is 1. The normalized spacial score (nSPS) is 48.6. The molecule has 4 aliphatic rings. The van der Waals surface area contributed by atoms with E-state index in [1.165, 1.54) is 12.5 Å². The lowest BCUT2D eigenvalue weighted by atomic mass is 9.51. The second-order valence-electron chi connectivity index (χ2n) is 9.15. The van der Waals surface area contributed by atoms with Crippen LogP contribution in [0.15, 0.2) is 23.3 Å². The highest BCUT2D eigenvalue weighted by molar-refractivity contribution is 5.66. The summed E-state index contributed by atoms with van der Waals surface area (Å²) in [5, 5.41) is 10.0. The molecule has 0 unspecified atom stereocenters. The van der Waals surface area contributed by atoms with Crippen molar-refractivity contribution in [3.63, 3.8) is 0 Å². The van der Waals surface area contributed by atoms with E-state index in [-0.39, 0.29) is 35.0 Å². The molecule has 4 aliphatic carbocycles. The molecule has 4 rings (SSSR count). The highest BCUT2D eigenvalue weighted by atomic mass is 16.5. The molecule has 0 aromatic heterocycles. The molecule has 138 valence electrons. The van der Waals surface area contributed by atoms with Crippen LogP contribution in [0.3, 0.4) is 0 Å². The first kappa shape index (κ1) is 17.3. The molecule has 0 amide bonds. The van der Waals surface area contributed by atoms with Crippen LogP contribution in [0, 0.1) is 22.7 Å². The number of rotatable bonds is 1. The van der Waals surface area contributed by atoms with Crippen molar-refractivity contribution < 1.29 is 14.6 Å². The number of aliphatic hydroxyl groups excluding tert-OH is 1. The van der Waals surface area contributed by atoms with Crippen LogP contribution in [-0.2, 0) is 9.53 Å². The number of allylic oxidation sites excluding steroid dienone is 2. The maximum atomic E-state index is 11.5. The molecule has 0 saturated heterocycles. The minimum absolute atomic E-state index is 0.0347. The van der Waals surface area contributed by atoms with E-state index in [0.29, 0.717) is 11.8 Å². The average molecular weight is 345 g/mol. The topological polar surface area (TPSA) is 72.5 Å². The zero-order valence-corrected chi connectivity index (χ0v) is 15.6. The second-order valence-corrected chi connectivity index (χ2v) is 9.15. The molecule has 0 heterocycles. The van der Waals surface area contributed by atoms with Gasteiger partial charge >= 0.3 is 5.97 Å². The minimum atomic E-state index is -0.283. The van der Waals surface area contributed by atoms with Gasteiger partial charge in [0.05, 0.1) is 12.1 Å². The number of hydrogen-bond donors (Lipinski definition) is 2. The van der Waals surface area contributed by atoms with E-state index in [1.54, 1.807) is 5.57 Å². The van der Waals surface area contributed by atoms with Crippen LogP contribution in [0.5, 0.6) is 0 Å². The van der Waals surface area contributed by atoms with Gasteiger partial charge in [-0.25, -0.2) is 0 Å². The van der Waals surface area contributed by atoms with Crippen LogP contribution in [0.2, 0.25) is 0 Å². The Labute approximate surface area is 150 Å². The Morgan fingerprint density at radius 2 is 2.12 bits per heavy atom. The van der Waals surface area contributed by atoms with Gasteiger partial charge in [-0.05, 0) is 49.4 Å². The first-order valence-electron chi connectivity index (χ1n) is 9.78. The molecule has 7 atom stereocenters. The summed E-state index contributed by atoms with van der Waals surface area (Å²) in [5.74, 6) is 0.872. The van der Waals surface area contributed by atoms with Gasteiger partial charge in [0.15, 0.2) is 0 Å². The van der Waals surface area contributed by atoms with Crippen molar-refractivity contribution in [3.05, 3.63) is 23.3 Å². The summed E-state index contributed by atoms with van der Waals surface area (Å²) in [5.41, 5.74) is 9.73. The van der Waals surface area contributed by atoms with Gasteiger partial charge in [0.1, 0.15) is 6.10 Å². The molecule has 0 radical (unpaired) electrons. The van der Waals surface area contributed by atoms with E-state index < -0.39 is 0 Å². The monoisotopic (exact) mass is 345 g/mol. The first-order chi connectivity index (χ1) is 11.8. The number of carbonyl (C=O) groups excluding carboxylic acids is 1. The SMILES string of the molecule is CC(=O)O[C@@H]1CC2=C3CC[C@@H]4C[C@@H](O)C=C[C@]4(C)[C@H]3CC[C@]2(C)[C@H]1N. The van der Waals surface area contributed by atoms with Crippen molar-refractivity contribution in [1.82, 2.24) is 0 Å². The molecule has 2 fully saturated rings. The van der Waals surface area contributed by atoms with E-state index in [2.05, 4.69) is 19.9 Å². The molecule has 0 aliphatic heterocycles. The van der Waals surface area contributed by atoms with E-state index in [9.17, 15) is 9.90 Å². The largest absolute Gasteiger partial charge is 0.461 e. The van der Waals surface area contributed by atoms with E-state index in [4.69, 9.17) is 10.5 Å². The predicted octanol–water partition coefficient (Wildman–Crippen LogP) is 3.10.